The second kappa shape index (κ2) is 12.9. The number of benzene rings is 2. The number of hydrogen-bond acceptors (Lipinski definition) is 4. The molecule has 156 valence electrons. The molecule has 29 heavy (non-hydrogen) atoms. The fourth-order valence-electron chi connectivity index (χ4n) is 2.50. The van der Waals surface area contributed by atoms with E-state index in [-0.39, 0.29) is 29.3 Å². The maximum Gasteiger partial charge on any atom is 0.257 e. The fraction of sp³-hybridized carbons (Fsp3) is 0.286. The normalized spacial score (nSPS) is 10.0. The average molecular weight is 435 g/mol. The van der Waals surface area contributed by atoms with E-state index in [1.165, 1.54) is 0 Å². The van der Waals surface area contributed by atoms with Crippen LogP contribution in [0.1, 0.15) is 29.6 Å². The average Bonchev–Trinajstić information content (AvgIpc) is 2.67. The van der Waals surface area contributed by atoms with Crippen LogP contribution in [0.4, 0.5) is 11.4 Å². The standard InChI is InChI=1S/C21H26N4O2S.ClH/c1-25(2)15-7-6-10-19(26)22-17-11-13-18(14-12-17)23-21(28)24-20(27)16-8-4-3-5-9-16;/h3-5,8-9,11-14H,6-7,10,15H2,1-2H3,(H,22,26)(H2,23,24,27,28);1H. The van der Waals surface area contributed by atoms with Gasteiger partial charge in [0.1, 0.15) is 0 Å². The minimum Gasteiger partial charge on any atom is -0.332 e. The highest BCUT2D eigenvalue weighted by molar-refractivity contribution is 7.80. The van der Waals surface area contributed by atoms with Gasteiger partial charge in [-0.05, 0) is 82.1 Å². The summed E-state index contributed by atoms with van der Waals surface area (Å²) in [5.74, 6) is -0.263. The molecule has 0 aliphatic rings. The molecule has 0 saturated carbocycles. The molecule has 6 nitrogen and oxygen atoms in total. The number of carbonyl (C=O) groups excluding carboxylic acids is 2. The second-order valence-electron chi connectivity index (χ2n) is 6.66. The molecule has 3 N–H and O–H groups in total. The fourth-order valence-corrected chi connectivity index (χ4v) is 2.71. The smallest absolute Gasteiger partial charge is 0.257 e. The number of rotatable bonds is 8. The Labute approximate surface area is 183 Å². The number of anilines is 2. The summed E-state index contributed by atoms with van der Waals surface area (Å²) in [4.78, 5) is 26.2. The van der Waals surface area contributed by atoms with Crippen LogP contribution in [0.2, 0.25) is 0 Å². The lowest BCUT2D eigenvalue weighted by Crippen LogP contribution is -2.34. The Bertz CT molecular complexity index is 798. The summed E-state index contributed by atoms with van der Waals surface area (Å²) >= 11 is 5.18. The third-order valence-corrected chi connectivity index (χ3v) is 4.15. The van der Waals surface area contributed by atoms with Gasteiger partial charge >= 0.3 is 0 Å². The molecule has 0 atom stereocenters. The molecule has 2 amide bonds. The number of amides is 2. The molecule has 0 heterocycles. The van der Waals surface area contributed by atoms with E-state index in [4.69, 9.17) is 12.2 Å². The minimum atomic E-state index is -0.267. The number of unbranched alkanes of at least 4 members (excludes halogenated alkanes) is 1. The number of halogens is 1. The summed E-state index contributed by atoms with van der Waals surface area (Å²) in [5.41, 5.74) is 1.99. The summed E-state index contributed by atoms with van der Waals surface area (Å²) in [6, 6.07) is 16.0. The first-order chi connectivity index (χ1) is 13.4. The van der Waals surface area contributed by atoms with Gasteiger partial charge in [-0.1, -0.05) is 18.2 Å². The van der Waals surface area contributed by atoms with Crippen molar-refractivity contribution in [3.05, 3.63) is 60.2 Å². The van der Waals surface area contributed by atoms with Crippen molar-refractivity contribution in [1.29, 1.82) is 0 Å². The maximum atomic E-state index is 12.1. The highest BCUT2D eigenvalue weighted by atomic mass is 35.5. The van der Waals surface area contributed by atoms with Gasteiger partial charge in [-0.15, -0.1) is 12.4 Å². The molecular weight excluding hydrogens is 408 g/mol. The molecule has 0 unspecified atom stereocenters. The van der Waals surface area contributed by atoms with Gasteiger partial charge in [0.15, 0.2) is 5.11 Å². The van der Waals surface area contributed by atoms with Crippen LogP contribution < -0.4 is 16.0 Å². The Kier molecular flexibility index (Phi) is 10.9. The molecular formula is C21H27ClN4O2S. The molecule has 0 radical (unpaired) electrons. The van der Waals surface area contributed by atoms with Gasteiger partial charge < -0.3 is 15.5 Å². The molecule has 0 bridgehead atoms. The molecule has 0 aromatic heterocycles. The van der Waals surface area contributed by atoms with Crippen LogP contribution in [0, 0.1) is 0 Å². The largest absolute Gasteiger partial charge is 0.332 e. The second-order valence-corrected chi connectivity index (χ2v) is 7.07. The minimum absolute atomic E-state index is 0. The predicted molar refractivity (Wildman–Crippen MR) is 125 cm³/mol. The molecule has 2 rings (SSSR count). The van der Waals surface area contributed by atoms with Gasteiger partial charge in [-0.2, -0.15) is 0 Å². The molecule has 0 saturated heterocycles. The summed E-state index contributed by atoms with van der Waals surface area (Å²) < 4.78 is 0. The van der Waals surface area contributed by atoms with E-state index in [0.717, 1.165) is 30.8 Å². The van der Waals surface area contributed by atoms with Gasteiger partial charge in [0.05, 0.1) is 0 Å². The summed E-state index contributed by atoms with van der Waals surface area (Å²) in [7, 11) is 4.04. The zero-order chi connectivity index (χ0) is 20.4. The third-order valence-electron chi connectivity index (χ3n) is 3.95. The number of carbonyl (C=O) groups is 2. The van der Waals surface area contributed by atoms with E-state index >= 15 is 0 Å². The van der Waals surface area contributed by atoms with Gasteiger partial charge in [0.25, 0.3) is 5.91 Å². The molecule has 0 aliphatic carbocycles. The van der Waals surface area contributed by atoms with Crippen molar-refractivity contribution in [3.63, 3.8) is 0 Å². The number of nitrogens with one attached hydrogen (secondary N) is 3. The first kappa shape index (κ1) is 24.6. The molecule has 2 aromatic carbocycles. The van der Waals surface area contributed by atoms with Crippen molar-refractivity contribution >= 4 is 52.9 Å². The van der Waals surface area contributed by atoms with Crippen molar-refractivity contribution < 1.29 is 9.59 Å². The molecule has 8 heteroatoms. The van der Waals surface area contributed by atoms with E-state index in [0.29, 0.717) is 12.0 Å². The van der Waals surface area contributed by atoms with Crippen LogP contribution in [-0.4, -0.2) is 42.5 Å². The summed E-state index contributed by atoms with van der Waals surface area (Å²) in [6.45, 7) is 0.981. The van der Waals surface area contributed by atoms with Crippen molar-refractivity contribution in [2.24, 2.45) is 0 Å². The van der Waals surface area contributed by atoms with Crippen molar-refractivity contribution in [2.75, 3.05) is 31.3 Å². The SMILES string of the molecule is CN(C)CCCCC(=O)Nc1ccc(NC(=S)NC(=O)c2ccccc2)cc1.Cl. The first-order valence-corrected chi connectivity index (χ1v) is 9.57. The molecule has 0 spiro atoms. The summed E-state index contributed by atoms with van der Waals surface area (Å²) in [6.07, 6.45) is 2.36. The Morgan fingerprint density at radius 1 is 0.897 bits per heavy atom. The Morgan fingerprint density at radius 3 is 2.07 bits per heavy atom. The highest BCUT2D eigenvalue weighted by Crippen LogP contribution is 2.14. The Morgan fingerprint density at radius 2 is 1.48 bits per heavy atom. The lowest BCUT2D eigenvalue weighted by Gasteiger charge is -2.11. The topological polar surface area (TPSA) is 73.5 Å². The van der Waals surface area contributed by atoms with Crippen LogP contribution in [0.5, 0.6) is 0 Å². The Balaban J connectivity index is 0.00000420. The molecule has 0 aliphatic heterocycles. The predicted octanol–water partition coefficient (Wildman–Crippen LogP) is 3.91. The molecule has 0 fully saturated rings. The van der Waals surface area contributed by atoms with Crippen molar-refractivity contribution in [3.8, 4) is 0 Å². The zero-order valence-electron chi connectivity index (χ0n) is 16.6. The lowest BCUT2D eigenvalue weighted by atomic mass is 10.2. The maximum absolute atomic E-state index is 12.1. The first-order valence-electron chi connectivity index (χ1n) is 9.16. The van der Waals surface area contributed by atoms with E-state index in [1.54, 1.807) is 48.5 Å². The van der Waals surface area contributed by atoms with Crippen LogP contribution in [0.3, 0.4) is 0 Å². The monoisotopic (exact) mass is 434 g/mol. The zero-order valence-corrected chi connectivity index (χ0v) is 18.2. The van der Waals surface area contributed by atoms with Crippen LogP contribution in [-0.2, 0) is 4.79 Å². The van der Waals surface area contributed by atoms with Gasteiger partial charge in [-0.3, -0.25) is 14.9 Å². The third kappa shape index (κ3) is 9.51. The number of nitrogens with zero attached hydrogens (tertiary/aromatic N) is 1. The van der Waals surface area contributed by atoms with E-state index in [9.17, 15) is 9.59 Å². The van der Waals surface area contributed by atoms with Crippen molar-refractivity contribution in [2.45, 2.75) is 19.3 Å². The van der Waals surface area contributed by atoms with Gasteiger partial charge in [0.2, 0.25) is 5.91 Å². The number of hydrogen-bond donors (Lipinski definition) is 3. The molecule has 2 aromatic rings. The van der Waals surface area contributed by atoms with E-state index in [2.05, 4.69) is 20.9 Å². The lowest BCUT2D eigenvalue weighted by molar-refractivity contribution is -0.116. The summed E-state index contributed by atoms with van der Waals surface area (Å²) in [5, 5.41) is 8.69. The van der Waals surface area contributed by atoms with E-state index < -0.39 is 0 Å². The van der Waals surface area contributed by atoms with Gasteiger partial charge in [0, 0.05) is 23.4 Å². The quantitative estimate of drug-likeness (QED) is 0.434. The Hall–Kier alpha value is -2.48. The van der Waals surface area contributed by atoms with Gasteiger partial charge in [-0.25, -0.2) is 0 Å². The van der Waals surface area contributed by atoms with Crippen LogP contribution in [0.25, 0.3) is 0 Å². The number of thiocarbonyl (C=S) groups is 1. The highest BCUT2D eigenvalue weighted by Gasteiger charge is 2.07. The van der Waals surface area contributed by atoms with Crippen LogP contribution >= 0.6 is 24.6 Å². The van der Waals surface area contributed by atoms with Crippen molar-refractivity contribution in [1.82, 2.24) is 10.2 Å². The van der Waals surface area contributed by atoms with Crippen LogP contribution in [0.15, 0.2) is 54.6 Å². The van der Waals surface area contributed by atoms with E-state index in [1.807, 2.05) is 20.2 Å².